The lowest BCUT2D eigenvalue weighted by atomic mass is 9.85. The second-order valence-electron chi connectivity index (χ2n) is 5.54. The Labute approximate surface area is 95.2 Å². The smallest absolute Gasteiger partial charge is 0.0170 e. The van der Waals surface area contributed by atoms with Crippen molar-refractivity contribution in [2.45, 2.75) is 52.5 Å². The molecule has 15 heavy (non-hydrogen) atoms. The van der Waals surface area contributed by atoms with Crippen molar-refractivity contribution in [2.75, 3.05) is 19.6 Å². The highest BCUT2D eigenvalue weighted by atomic mass is 15.1. The van der Waals surface area contributed by atoms with Crippen LogP contribution in [0.3, 0.4) is 0 Å². The predicted octanol–water partition coefficient (Wildman–Crippen LogP) is 2.48. The second-order valence-corrected chi connectivity index (χ2v) is 5.54. The van der Waals surface area contributed by atoms with Crippen LogP contribution >= 0.6 is 0 Å². The highest BCUT2D eigenvalue weighted by Crippen LogP contribution is 2.27. The zero-order valence-electron chi connectivity index (χ0n) is 10.7. The van der Waals surface area contributed by atoms with E-state index >= 15 is 0 Å². The SMILES string of the molecule is CCN(CC(N)CC(C)C)CC1CCC1. The minimum Gasteiger partial charge on any atom is -0.327 e. The van der Waals surface area contributed by atoms with Crippen molar-refractivity contribution in [3.63, 3.8) is 0 Å². The number of likely N-dealkylation sites (N-methyl/N-ethyl adjacent to an activating group) is 1. The van der Waals surface area contributed by atoms with Crippen molar-refractivity contribution in [1.29, 1.82) is 0 Å². The van der Waals surface area contributed by atoms with E-state index in [1.165, 1.54) is 25.8 Å². The fraction of sp³-hybridized carbons (Fsp3) is 1.00. The van der Waals surface area contributed by atoms with Gasteiger partial charge in [0.05, 0.1) is 0 Å². The van der Waals surface area contributed by atoms with E-state index in [0.29, 0.717) is 6.04 Å². The largest absolute Gasteiger partial charge is 0.327 e. The molecule has 2 heteroatoms. The molecule has 1 aliphatic rings. The summed E-state index contributed by atoms with van der Waals surface area (Å²) < 4.78 is 0. The van der Waals surface area contributed by atoms with Crippen molar-refractivity contribution < 1.29 is 0 Å². The van der Waals surface area contributed by atoms with Crippen LogP contribution in [0.15, 0.2) is 0 Å². The lowest BCUT2D eigenvalue weighted by Gasteiger charge is -2.33. The fourth-order valence-corrected chi connectivity index (χ4v) is 2.38. The Morgan fingerprint density at radius 1 is 1.33 bits per heavy atom. The molecule has 1 unspecified atom stereocenters. The Bertz CT molecular complexity index is 164. The third-order valence-electron chi connectivity index (χ3n) is 3.46. The van der Waals surface area contributed by atoms with Gasteiger partial charge in [-0.15, -0.1) is 0 Å². The van der Waals surface area contributed by atoms with Crippen LogP contribution in [0.2, 0.25) is 0 Å². The summed E-state index contributed by atoms with van der Waals surface area (Å²) in [4.78, 5) is 2.54. The minimum atomic E-state index is 0.366. The van der Waals surface area contributed by atoms with Gasteiger partial charge in [0.25, 0.3) is 0 Å². The molecule has 0 heterocycles. The zero-order valence-corrected chi connectivity index (χ0v) is 10.7. The molecule has 0 bridgehead atoms. The summed E-state index contributed by atoms with van der Waals surface area (Å²) in [5.74, 6) is 1.69. The van der Waals surface area contributed by atoms with Gasteiger partial charge in [-0.05, 0) is 37.6 Å². The van der Waals surface area contributed by atoms with E-state index in [2.05, 4.69) is 25.7 Å². The molecule has 1 aliphatic carbocycles. The molecule has 2 nitrogen and oxygen atoms in total. The quantitative estimate of drug-likeness (QED) is 0.702. The Balaban J connectivity index is 2.19. The third-order valence-corrected chi connectivity index (χ3v) is 3.46. The molecule has 0 amide bonds. The first-order valence-corrected chi connectivity index (χ1v) is 6.59. The minimum absolute atomic E-state index is 0.366. The van der Waals surface area contributed by atoms with Gasteiger partial charge in [0.1, 0.15) is 0 Å². The summed E-state index contributed by atoms with van der Waals surface area (Å²) in [6.07, 6.45) is 5.48. The lowest BCUT2D eigenvalue weighted by Crippen LogP contribution is -2.41. The Hall–Kier alpha value is -0.0800. The summed E-state index contributed by atoms with van der Waals surface area (Å²) in [5.41, 5.74) is 6.14. The topological polar surface area (TPSA) is 29.3 Å². The van der Waals surface area contributed by atoms with Gasteiger partial charge in [-0.3, -0.25) is 0 Å². The maximum absolute atomic E-state index is 6.14. The van der Waals surface area contributed by atoms with Gasteiger partial charge >= 0.3 is 0 Å². The molecule has 0 spiro atoms. The molecule has 1 saturated carbocycles. The van der Waals surface area contributed by atoms with E-state index in [1.807, 2.05) is 0 Å². The van der Waals surface area contributed by atoms with Gasteiger partial charge in [-0.1, -0.05) is 27.2 Å². The third kappa shape index (κ3) is 4.98. The van der Waals surface area contributed by atoms with Crippen molar-refractivity contribution >= 4 is 0 Å². The standard InChI is InChI=1S/C13H28N2/c1-4-15(9-12-6-5-7-12)10-13(14)8-11(2)3/h11-13H,4-10,14H2,1-3H3. The van der Waals surface area contributed by atoms with E-state index in [4.69, 9.17) is 5.73 Å². The molecule has 0 aromatic carbocycles. The molecular formula is C13H28N2. The number of rotatable bonds is 7. The molecule has 0 aromatic heterocycles. The molecular weight excluding hydrogens is 184 g/mol. The molecule has 1 fully saturated rings. The Morgan fingerprint density at radius 3 is 2.40 bits per heavy atom. The monoisotopic (exact) mass is 212 g/mol. The van der Waals surface area contributed by atoms with Crippen LogP contribution < -0.4 is 5.73 Å². The van der Waals surface area contributed by atoms with Gasteiger partial charge in [-0.25, -0.2) is 0 Å². The van der Waals surface area contributed by atoms with Crippen molar-refractivity contribution in [2.24, 2.45) is 17.6 Å². The average molecular weight is 212 g/mol. The van der Waals surface area contributed by atoms with Crippen molar-refractivity contribution in [3.05, 3.63) is 0 Å². The maximum Gasteiger partial charge on any atom is 0.0170 e. The van der Waals surface area contributed by atoms with Crippen molar-refractivity contribution in [3.8, 4) is 0 Å². The van der Waals surface area contributed by atoms with Crippen LogP contribution in [-0.2, 0) is 0 Å². The van der Waals surface area contributed by atoms with Gasteiger partial charge in [-0.2, -0.15) is 0 Å². The van der Waals surface area contributed by atoms with Crippen LogP contribution in [0.1, 0.15) is 46.5 Å². The first-order valence-electron chi connectivity index (χ1n) is 6.59. The number of nitrogens with two attached hydrogens (primary N) is 1. The Kier molecular flexibility index (Phi) is 5.62. The van der Waals surface area contributed by atoms with Crippen LogP contribution in [0.25, 0.3) is 0 Å². The van der Waals surface area contributed by atoms with Gasteiger partial charge < -0.3 is 10.6 Å². The van der Waals surface area contributed by atoms with Crippen LogP contribution in [0.4, 0.5) is 0 Å². The number of hydrogen-bond acceptors (Lipinski definition) is 2. The van der Waals surface area contributed by atoms with E-state index in [-0.39, 0.29) is 0 Å². The second kappa shape index (κ2) is 6.49. The normalized spacial score (nSPS) is 19.6. The molecule has 0 aliphatic heterocycles. The van der Waals surface area contributed by atoms with E-state index < -0.39 is 0 Å². The van der Waals surface area contributed by atoms with Crippen LogP contribution in [0.5, 0.6) is 0 Å². The molecule has 1 atom stereocenters. The maximum atomic E-state index is 6.14. The van der Waals surface area contributed by atoms with Gasteiger partial charge in [0.2, 0.25) is 0 Å². The van der Waals surface area contributed by atoms with Crippen LogP contribution in [-0.4, -0.2) is 30.6 Å². The Morgan fingerprint density at radius 2 is 2.00 bits per heavy atom. The van der Waals surface area contributed by atoms with E-state index in [0.717, 1.165) is 31.3 Å². The first kappa shape index (κ1) is 13.0. The molecule has 0 radical (unpaired) electrons. The lowest BCUT2D eigenvalue weighted by molar-refractivity contribution is 0.172. The predicted molar refractivity (Wildman–Crippen MR) is 66.9 cm³/mol. The van der Waals surface area contributed by atoms with E-state index in [9.17, 15) is 0 Å². The summed E-state index contributed by atoms with van der Waals surface area (Å²) in [5, 5.41) is 0. The summed E-state index contributed by atoms with van der Waals surface area (Å²) >= 11 is 0. The summed E-state index contributed by atoms with van der Waals surface area (Å²) in [6, 6.07) is 0.366. The molecule has 2 N–H and O–H groups in total. The molecule has 90 valence electrons. The zero-order chi connectivity index (χ0) is 11.3. The number of nitrogens with zero attached hydrogens (tertiary/aromatic N) is 1. The van der Waals surface area contributed by atoms with Gasteiger partial charge in [0.15, 0.2) is 0 Å². The average Bonchev–Trinajstić information content (AvgIpc) is 2.07. The summed E-state index contributed by atoms with van der Waals surface area (Å²) in [7, 11) is 0. The van der Waals surface area contributed by atoms with E-state index in [1.54, 1.807) is 0 Å². The molecule has 0 saturated heterocycles. The van der Waals surface area contributed by atoms with Crippen molar-refractivity contribution in [1.82, 2.24) is 4.90 Å². The van der Waals surface area contributed by atoms with Gasteiger partial charge in [0, 0.05) is 19.1 Å². The summed E-state index contributed by atoms with van der Waals surface area (Å²) in [6.45, 7) is 10.3. The first-order chi connectivity index (χ1) is 7.11. The number of hydrogen-bond donors (Lipinski definition) is 1. The fourth-order valence-electron chi connectivity index (χ4n) is 2.38. The molecule has 1 rings (SSSR count). The molecule has 0 aromatic rings. The highest BCUT2D eigenvalue weighted by Gasteiger charge is 2.21. The highest BCUT2D eigenvalue weighted by molar-refractivity contribution is 4.76. The van der Waals surface area contributed by atoms with Crippen LogP contribution in [0, 0.1) is 11.8 Å².